The molecular formula is C15H12F3NO2S. The molecule has 0 radical (unpaired) electrons. The molecule has 0 unspecified atom stereocenters. The first-order valence-electron chi connectivity index (χ1n) is 6.23. The third-order valence-electron chi connectivity index (χ3n) is 2.80. The van der Waals surface area contributed by atoms with Crippen LogP contribution in [0.4, 0.5) is 13.2 Å². The minimum atomic E-state index is -4.38. The van der Waals surface area contributed by atoms with Crippen molar-refractivity contribution in [3.63, 3.8) is 0 Å². The maximum atomic E-state index is 12.4. The molecule has 3 nitrogen and oxygen atoms in total. The zero-order valence-corrected chi connectivity index (χ0v) is 12.4. The van der Waals surface area contributed by atoms with Crippen LogP contribution < -0.4 is 0 Å². The second-order valence-corrected chi connectivity index (χ2v) is 5.36. The van der Waals surface area contributed by atoms with Crippen LogP contribution in [0.25, 0.3) is 0 Å². The number of aromatic nitrogens is 1. The number of halogens is 3. The maximum absolute atomic E-state index is 12.4. The normalized spacial score (nSPS) is 11.3. The lowest BCUT2D eigenvalue weighted by molar-refractivity contribution is -0.137. The number of pyridine rings is 1. The summed E-state index contributed by atoms with van der Waals surface area (Å²) in [5, 5.41) is 0.483. The van der Waals surface area contributed by atoms with Gasteiger partial charge in [0.1, 0.15) is 0 Å². The Labute approximate surface area is 129 Å². The number of methoxy groups -OCH3 is 1. The molecule has 0 bridgehead atoms. The van der Waals surface area contributed by atoms with Crippen molar-refractivity contribution in [2.24, 2.45) is 0 Å². The average molecular weight is 327 g/mol. The van der Waals surface area contributed by atoms with Gasteiger partial charge in [0, 0.05) is 11.9 Å². The van der Waals surface area contributed by atoms with Gasteiger partial charge < -0.3 is 4.74 Å². The summed E-state index contributed by atoms with van der Waals surface area (Å²) in [6, 6.07) is 9.20. The van der Waals surface area contributed by atoms with Crippen molar-refractivity contribution >= 4 is 17.7 Å². The van der Waals surface area contributed by atoms with Gasteiger partial charge in [0.15, 0.2) is 0 Å². The van der Waals surface area contributed by atoms with E-state index < -0.39 is 17.7 Å². The van der Waals surface area contributed by atoms with Crippen LogP contribution in [-0.4, -0.2) is 18.1 Å². The first kappa shape index (κ1) is 16.4. The molecule has 0 fully saturated rings. The van der Waals surface area contributed by atoms with Crippen molar-refractivity contribution in [3.8, 4) is 0 Å². The number of thioether (sulfide) groups is 1. The molecule has 0 aliphatic heterocycles. The van der Waals surface area contributed by atoms with E-state index in [1.807, 2.05) is 6.07 Å². The van der Waals surface area contributed by atoms with E-state index in [4.69, 9.17) is 0 Å². The summed E-state index contributed by atoms with van der Waals surface area (Å²) in [5.74, 6) is 0.0583. The van der Waals surface area contributed by atoms with Crippen LogP contribution in [0.15, 0.2) is 47.6 Å². The van der Waals surface area contributed by atoms with Gasteiger partial charge in [0.2, 0.25) is 0 Å². The highest BCUT2D eigenvalue weighted by atomic mass is 32.2. The minimum absolute atomic E-state index is 0.431. The van der Waals surface area contributed by atoms with Gasteiger partial charge in [-0.3, -0.25) is 0 Å². The largest absolute Gasteiger partial charge is 0.465 e. The highest BCUT2D eigenvalue weighted by molar-refractivity contribution is 7.98. The van der Waals surface area contributed by atoms with E-state index in [0.29, 0.717) is 16.3 Å². The average Bonchev–Trinajstić information content (AvgIpc) is 2.52. The number of benzene rings is 1. The quantitative estimate of drug-likeness (QED) is 0.624. The van der Waals surface area contributed by atoms with Gasteiger partial charge in [-0.05, 0) is 29.8 Å². The van der Waals surface area contributed by atoms with Crippen LogP contribution in [-0.2, 0) is 16.7 Å². The van der Waals surface area contributed by atoms with Gasteiger partial charge in [0.25, 0.3) is 0 Å². The standard InChI is InChI=1S/C15H12F3NO2S/c1-21-14(20)11-4-2-3-10(7-11)9-22-13-6-5-12(8-19-13)15(16,17)18/h2-8H,9H2,1H3. The van der Waals surface area contributed by atoms with Gasteiger partial charge in [-0.15, -0.1) is 11.8 Å². The van der Waals surface area contributed by atoms with Crippen LogP contribution >= 0.6 is 11.8 Å². The molecule has 0 saturated heterocycles. The number of alkyl halides is 3. The summed E-state index contributed by atoms with van der Waals surface area (Å²) < 4.78 is 41.9. The van der Waals surface area contributed by atoms with E-state index in [1.165, 1.54) is 24.9 Å². The third kappa shape index (κ3) is 4.24. The van der Waals surface area contributed by atoms with Crippen LogP contribution in [0.2, 0.25) is 0 Å². The van der Waals surface area contributed by atoms with Gasteiger partial charge in [-0.25, -0.2) is 9.78 Å². The first-order valence-corrected chi connectivity index (χ1v) is 7.22. The number of ether oxygens (including phenoxy) is 1. The van der Waals surface area contributed by atoms with E-state index >= 15 is 0 Å². The highest BCUT2D eigenvalue weighted by Gasteiger charge is 2.30. The lowest BCUT2D eigenvalue weighted by Gasteiger charge is -2.07. The number of carbonyl (C=O) groups is 1. The summed E-state index contributed by atoms with van der Waals surface area (Å²) in [4.78, 5) is 15.2. The number of esters is 1. The molecule has 22 heavy (non-hydrogen) atoms. The molecule has 0 aliphatic carbocycles. The zero-order valence-electron chi connectivity index (χ0n) is 11.6. The molecule has 116 valence electrons. The fourth-order valence-electron chi connectivity index (χ4n) is 1.70. The van der Waals surface area contributed by atoms with Crippen LogP contribution in [0.5, 0.6) is 0 Å². The predicted octanol–water partition coefficient (Wildman–Crippen LogP) is 4.18. The number of nitrogens with zero attached hydrogens (tertiary/aromatic N) is 1. The molecule has 0 saturated carbocycles. The molecule has 0 N–H and O–H groups in total. The van der Waals surface area contributed by atoms with Crippen molar-refractivity contribution in [2.45, 2.75) is 17.0 Å². The molecule has 7 heteroatoms. The number of carbonyl (C=O) groups excluding carboxylic acids is 1. The predicted molar refractivity (Wildman–Crippen MR) is 76.6 cm³/mol. The van der Waals surface area contributed by atoms with Crippen LogP contribution in [0.1, 0.15) is 21.5 Å². The lowest BCUT2D eigenvalue weighted by atomic mass is 10.1. The Kier molecular flexibility index (Phi) is 5.07. The molecule has 2 aromatic rings. The highest BCUT2D eigenvalue weighted by Crippen LogP contribution is 2.30. The van der Waals surface area contributed by atoms with Crippen LogP contribution in [0.3, 0.4) is 0 Å². The minimum Gasteiger partial charge on any atom is -0.465 e. The third-order valence-corrected chi connectivity index (χ3v) is 3.81. The van der Waals surface area contributed by atoms with Gasteiger partial charge in [-0.1, -0.05) is 12.1 Å². The molecule has 0 atom stereocenters. The Hall–Kier alpha value is -2.02. The van der Waals surface area contributed by atoms with Crippen molar-refractivity contribution < 1.29 is 22.7 Å². The lowest BCUT2D eigenvalue weighted by Crippen LogP contribution is -2.05. The van der Waals surface area contributed by atoms with Crippen molar-refractivity contribution in [2.75, 3.05) is 7.11 Å². The molecule has 0 aliphatic rings. The smallest absolute Gasteiger partial charge is 0.417 e. The van der Waals surface area contributed by atoms with E-state index in [-0.39, 0.29) is 0 Å². The topological polar surface area (TPSA) is 39.2 Å². The van der Waals surface area contributed by atoms with E-state index in [1.54, 1.807) is 18.2 Å². The fourth-order valence-corrected chi connectivity index (χ4v) is 2.48. The molecular weight excluding hydrogens is 315 g/mol. The second kappa shape index (κ2) is 6.83. The Morgan fingerprint density at radius 2 is 2.05 bits per heavy atom. The monoisotopic (exact) mass is 327 g/mol. The maximum Gasteiger partial charge on any atom is 0.417 e. The molecule has 1 aromatic heterocycles. The summed E-state index contributed by atoms with van der Waals surface area (Å²) in [6.07, 6.45) is -3.57. The van der Waals surface area contributed by atoms with E-state index in [9.17, 15) is 18.0 Å². The van der Waals surface area contributed by atoms with Crippen molar-refractivity contribution in [1.82, 2.24) is 4.98 Å². The summed E-state index contributed by atoms with van der Waals surface area (Å²) in [7, 11) is 1.30. The van der Waals surface area contributed by atoms with E-state index in [2.05, 4.69) is 9.72 Å². The second-order valence-electron chi connectivity index (χ2n) is 4.36. The molecule has 2 rings (SSSR count). The van der Waals surface area contributed by atoms with Gasteiger partial charge >= 0.3 is 12.1 Å². The Morgan fingerprint density at radius 1 is 1.27 bits per heavy atom. The summed E-state index contributed by atoms with van der Waals surface area (Å²) in [6.45, 7) is 0. The van der Waals surface area contributed by atoms with Gasteiger partial charge in [0.05, 0.1) is 23.3 Å². The van der Waals surface area contributed by atoms with Crippen molar-refractivity contribution in [1.29, 1.82) is 0 Å². The first-order chi connectivity index (χ1) is 10.4. The van der Waals surface area contributed by atoms with Crippen LogP contribution in [0, 0.1) is 0 Å². The van der Waals surface area contributed by atoms with E-state index in [0.717, 1.165) is 17.8 Å². The SMILES string of the molecule is COC(=O)c1cccc(CSc2ccc(C(F)(F)F)cn2)c1. The summed E-state index contributed by atoms with van der Waals surface area (Å²) in [5.41, 5.74) is 0.514. The Bertz CT molecular complexity index is 657. The molecule has 1 aromatic carbocycles. The Balaban J connectivity index is 2.03. The fraction of sp³-hybridized carbons (Fsp3) is 0.200. The number of rotatable bonds is 4. The molecule has 1 heterocycles. The number of hydrogen-bond acceptors (Lipinski definition) is 4. The number of hydrogen-bond donors (Lipinski definition) is 0. The zero-order chi connectivity index (χ0) is 16.2. The summed E-state index contributed by atoms with van der Waals surface area (Å²) >= 11 is 1.29. The molecule has 0 amide bonds. The van der Waals surface area contributed by atoms with Crippen molar-refractivity contribution in [3.05, 3.63) is 59.3 Å². The Morgan fingerprint density at radius 3 is 2.64 bits per heavy atom. The van der Waals surface area contributed by atoms with Gasteiger partial charge in [-0.2, -0.15) is 13.2 Å². The molecule has 0 spiro atoms.